The van der Waals surface area contributed by atoms with Gasteiger partial charge in [-0.3, -0.25) is 14.3 Å². The SMILES string of the molecule is CCCc1nn(C)c2c(=O)[nH]c(-c3cc(Cc4ccc(C(=O)Nc5cscc5N)cc4)ccc3OCC)nc12. The maximum Gasteiger partial charge on any atom is 0.277 e. The number of nitrogens with two attached hydrogens (primary N) is 1. The van der Waals surface area contributed by atoms with Crippen molar-refractivity contribution in [1.82, 2.24) is 19.7 Å². The first-order chi connectivity index (χ1) is 18.9. The lowest BCUT2D eigenvalue weighted by molar-refractivity contribution is 0.102. The number of H-pyrrole nitrogens is 1. The average Bonchev–Trinajstić information content (AvgIpc) is 3.47. The number of hydrogen-bond donors (Lipinski definition) is 3. The second kappa shape index (κ2) is 11.1. The largest absolute Gasteiger partial charge is 0.493 e. The fraction of sp³-hybridized carbons (Fsp3) is 0.241. The molecule has 2 aromatic carbocycles. The molecule has 0 unspecified atom stereocenters. The Labute approximate surface area is 229 Å². The van der Waals surface area contributed by atoms with Crippen LogP contribution in [0, 0.1) is 0 Å². The Morgan fingerprint density at radius 2 is 1.90 bits per heavy atom. The summed E-state index contributed by atoms with van der Waals surface area (Å²) in [5, 5.41) is 11.0. The molecule has 3 heterocycles. The zero-order chi connectivity index (χ0) is 27.5. The first kappa shape index (κ1) is 26.2. The number of nitrogens with zero attached hydrogens (tertiary/aromatic N) is 3. The monoisotopic (exact) mass is 542 g/mol. The molecule has 0 atom stereocenters. The van der Waals surface area contributed by atoms with Gasteiger partial charge >= 0.3 is 0 Å². The van der Waals surface area contributed by atoms with Crippen LogP contribution < -0.4 is 21.3 Å². The number of thiophene rings is 1. The first-order valence-corrected chi connectivity index (χ1v) is 13.8. The molecule has 39 heavy (non-hydrogen) atoms. The van der Waals surface area contributed by atoms with E-state index in [2.05, 4.69) is 22.3 Å². The van der Waals surface area contributed by atoms with Crippen LogP contribution in [0.3, 0.4) is 0 Å². The minimum Gasteiger partial charge on any atom is -0.493 e. The molecule has 4 N–H and O–H groups in total. The van der Waals surface area contributed by atoms with Crippen molar-refractivity contribution in [2.45, 2.75) is 33.1 Å². The number of rotatable bonds is 9. The Morgan fingerprint density at radius 3 is 2.59 bits per heavy atom. The van der Waals surface area contributed by atoms with Crippen molar-refractivity contribution in [1.29, 1.82) is 0 Å². The van der Waals surface area contributed by atoms with Gasteiger partial charge in [0.15, 0.2) is 5.52 Å². The third-order valence-corrected chi connectivity index (χ3v) is 7.17. The number of nitrogen functional groups attached to an aromatic ring is 1. The number of aromatic amines is 1. The maximum atomic E-state index is 13.0. The highest BCUT2D eigenvalue weighted by Gasteiger charge is 2.18. The standard InChI is InChI=1S/C29H30N6O3S/c1-4-6-22-25-26(35(3)34-22)29(37)33-27(32-25)20-14-18(9-12-24(20)38-5-2)13-17-7-10-19(11-8-17)28(36)31-23-16-39-15-21(23)30/h7-12,14-16H,4-6,13,30H2,1-3H3,(H,31,36)(H,32,33,37). The fourth-order valence-electron chi connectivity index (χ4n) is 4.55. The summed E-state index contributed by atoms with van der Waals surface area (Å²) in [6.45, 7) is 4.47. The summed E-state index contributed by atoms with van der Waals surface area (Å²) in [7, 11) is 1.76. The third kappa shape index (κ3) is 5.42. The van der Waals surface area contributed by atoms with Crippen LogP contribution >= 0.6 is 11.3 Å². The molecule has 0 spiro atoms. The zero-order valence-corrected chi connectivity index (χ0v) is 22.9. The second-order valence-corrected chi connectivity index (χ2v) is 10.0. The minimum atomic E-state index is -0.238. The maximum absolute atomic E-state index is 13.0. The Kier molecular flexibility index (Phi) is 7.47. The topological polar surface area (TPSA) is 128 Å². The summed E-state index contributed by atoms with van der Waals surface area (Å²) < 4.78 is 7.48. The normalized spacial score (nSPS) is 11.2. The van der Waals surface area contributed by atoms with Gasteiger partial charge in [0, 0.05) is 23.4 Å². The molecule has 0 fully saturated rings. The van der Waals surface area contributed by atoms with Crippen LogP contribution in [0.4, 0.5) is 11.4 Å². The van der Waals surface area contributed by atoms with E-state index in [0.29, 0.717) is 58.1 Å². The zero-order valence-electron chi connectivity index (χ0n) is 22.1. The lowest BCUT2D eigenvalue weighted by Crippen LogP contribution is -2.13. The molecule has 9 nitrogen and oxygen atoms in total. The summed E-state index contributed by atoms with van der Waals surface area (Å²) >= 11 is 1.44. The van der Waals surface area contributed by atoms with Crippen LogP contribution in [0.2, 0.25) is 0 Å². The first-order valence-electron chi connectivity index (χ1n) is 12.8. The molecule has 0 aliphatic heterocycles. The Bertz CT molecular complexity index is 1700. The summed E-state index contributed by atoms with van der Waals surface area (Å²) in [4.78, 5) is 33.4. The lowest BCUT2D eigenvalue weighted by atomic mass is 10.0. The fourth-order valence-corrected chi connectivity index (χ4v) is 5.22. The molecule has 0 aliphatic rings. The summed E-state index contributed by atoms with van der Waals surface area (Å²) in [5.41, 5.74) is 12.0. The molecular formula is C29H30N6O3S. The highest BCUT2D eigenvalue weighted by atomic mass is 32.1. The van der Waals surface area contributed by atoms with Crippen LogP contribution in [0.1, 0.15) is 47.4 Å². The summed E-state index contributed by atoms with van der Waals surface area (Å²) in [5.74, 6) is 0.880. The number of anilines is 2. The quantitative estimate of drug-likeness (QED) is 0.236. The Morgan fingerprint density at radius 1 is 1.13 bits per heavy atom. The number of aromatic nitrogens is 4. The van der Waals surface area contributed by atoms with Gasteiger partial charge in [0.25, 0.3) is 11.5 Å². The second-order valence-electron chi connectivity index (χ2n) is 9.26. The predicted molar refractivity (Wildman–Crippen MR) is 156 cm³/mol. The number of fused-ring (bicyclic) bond motifs is 1. The smallest absolute Gasteiger partial charge is 0.277 e. The van der Waals surface area contributed by atoms with E-state index in [-0.39, 0.29) is 11.5 Å². The molecule has 10 heteroatoms. The molecule has 0 saturated heterocycles. The van der Waals surface area contributed by atoms with Crippen molar-refractivity contribution >= 4 is 39.7 Å². The molecular weight excluding hydrogens is 512 g/mol. The van der Waals surface area contributed by atoms with Crippen LogP contribution in [0.5, 0.6) is 5.75 Å². The minimum absolute atomic E-state index is 0.210. The predicted octanol–water partition coefficient (Wildman–Crippen LogP) is 5.16. The van der Waals surface area contributed by atoms with Crippen molar-refractivity contribution in [3.63, 3.8) is 0 Å². The van der Waals surface area contributed by atoms with Crippen molar-refractivity contribution in [3.05, 3.63) is 86.0 Å². The van der Waals surface area contributed by atoms with E-state index in [0.717, 1.165) is 29.7 Å². The van der Waals surface area contributed by atoms with Gasteiger partial charge in [-0.2, -0.15) is 5.10 Å². The van der Waals surface area contributed by atoms with Gasteiger partial charge in [-0.15, -0.1) is 11.3 Å². The molecule has 0 saturated carbocycles. The van der Waals surface area contributed by atoms with E-state index in [1.807, 2.05) is 42.6 Å². The van der Waals surface area contributed by atoms with Gasteiger partial charge in [0.05, 0.1) is 29.2 Å². The van der Waals surface area contributed by atoms with E-state index < -0.39 is 0 Å². The molecule has 0 aliphatic carbocycles. The van der Waals surface area contributed by atoms with Gasteiger partial charge in [0.1, 0.15) is 17.1 Å². The van der Waals surface area contributed by atoms with E-state index in [4.69, 9.17) is 15.5 Å². The molecule has 5 rings (SSSR count). The molecule has 200 valence electrons. The summed E-state index contributed by atoms with van der Waals surface area (Å²) in [6.07, 6.45) is 2.26. The van der Waals surface area contributed by atoms with E-state index in [1.54, 1.807) is 29.2 Å². The van der Waals surface area contributed by atoms with Crippen molar-refractivity contribution in [2.75, 3.05) is 17.7 Å². The number of carbonyl (C=O) groups excluding carboxylic acids is 1. The van der Waals surface area contributed by atoms with Crippen LogP contribution in [-0.2, 0) is 19.9 Å². The van der Waals surface area contributed by atoms with Gasteiger partial charge < -0.3 is 20.8 Å². The van der Waals surface area contributed by atoms with E-state index in [9.17, 15) is 9.59 Å². The lowest BCUT2D eigenvalue weighted by Gasteiger charge is -2.12. The van der Waals surface area contributed by atoms with Gasteiger partial charge in [-0.05, 0) is 55.2 Å². The number of ether oxygens (including phenoxy) is 1. The molecule has 0 bridgehead atoms. The van der Waals surface area contributed by atoms with Gasteiger partial charge in [-0.1, -0.05) is 31.5 Å². The molecule has 5 aromatic rings. The van der Waals surface area contributed by atoms with E-state index >= 15 is 0 Å². The average molecular weight is 543 g/mol. The highest BCUT2D eigenvalue weighted by Crippen LogP contribution is 2.31. The number of carbonyl (C=O) groups is 1. The number of amides is 1. The van der Waals surface area contributed by atoms with Crippen molar-refractivity contribution in [2.24, 2.45) is 7.05 Å². The highest BCUT2D eigenvalue weighted by molar-refractivity contribution is 7.09. The van der Waals surface area contributed by atoms with Crippen LogP contribution in [0.25, 0.3) is 22.4 Å². The van der Waals surface area contributed by atoms with Crippen molar-refractivity contribution < 1.29 is 9.53 Å². The van der Waals surface area contributed by atoms with Crippen molar-refractivity contribution in [3.8, 4) is 17.1 Å². The Balaban J connectivity index is 1.44. The van der Waals surface area contributed by atoms with Gasteiger partial charge in [-0.25, -0.2) is 4.98 Å². The van der Waals surface area contributed by atoms with E-state index in [1.165, 1.54) is 11.3 Å². The number of benzene rings is 2. The van der Waals surface area contributed by atoms with Crippen LogP contribution in [-0.4, -0.2) is 32.3 Å². The van der Waals surface area contributed by atoms with Gasteiger partial charge in [0.2, 0.25) is 0 Å². The third-order valence-electron chi connectivity index (χ3n) is 6.41. The number of aryl methyl sites for hydroxylation is 2. The molecule has 3 aromatic heterocycles. The summed E-state index contributed by atoms with van der Waals surface area (Å²) in [6, 6.07) is 13.4. The number of nitrogens with one attached hydrogen (secondary N) is 2. The molecule has 0 radical (unpaired) electrons. The molecule has 1 amide bonds. The van der Waals surface area contributed by atoms with Crippen LogP contribution in [0.15, 0.2) is 58.0 Å². The number of hydrogen-bond acceptors (Lipinski definition) is 7. The Hall–Kier alpha value is -4.44.